The molecule has 5 rings (SSSR count). The lowest BCUT2D eigenvalue weighted by Gasteiger charge is -2.36. The Morgan fingerprint density at radius 3 is 2.36 bits per heavy atom. The number of fused-ring (bicyclic) bond motifs is 1. The fourth-order valence-corrected chi connectivity index (χ4v) is 4.82. The van der Waals surface area contributed by atoms with Crippen molar-refractivity contribution in [3.8, 4) is 11.3 Å². The van der Waals surface area contributed by atoms with Crippen LogP contribution < -0.4 is 5.32 Å². The van der Waals surface area contributed by atoms with Gasteiger partial charge in [0.05, 0.1) is 24.4 Å². The summed E-state index contributed by atoms with van der Waals surface area (Å²) in [4.78, 5) is 29.3. The Bertz CT molecular complexity index is 1230. The molecule has 9 heteroatoms. The van der Waals surface area contributed by atoms with Crippen molar-refractivity contribution >= 4 is 22.7 Å². The molecule has 1 aromatic heterocycles. The molecule has 0 radical (unpaired) electrons. The molecule has 2 fully saturated rings. The summed E-state index contributed by atoms with van der Waals surface area (Å²) in [6, 6.07) is 7.80. The normalized spacial score (nSPS) is 19.3. The van der Waals surface area contributed by atoms with Crippen LogP contribution in [-0.4, -0.2) is 54.0 Å². The fourth-order valence-electron chi connectivity index (χ4n) is 4.82. The van der Waals surface area contributed by atoms with E-state index < -0.39 is 17.5 Å². The lowest BCUT2D eigenvalue weighted by Crippen LogP contribution is -2.46. The number of hydrogen-bond acceptors (Lipinski definition) is 3. The molecule has 0 unspecified atom stereocenters. The first-order chi connectivity index (χ1) is 17.4. The Morgan fingerprint density at radius 1 is 1.03 bits per heavy atom. The molecule has 0 atom stereocenters. The fraction of sp³-hybridized carbons (Fsp3) is 0.407. The maximum atomic E-state index is 14.5. The van der Waals surface area contributed by atoms with Crippen LogP contribution in [-0.2, 0) is 14.3 Å². The Kier molecular flexibility index (Phi) is 7.98. The van der Waals surface area contributed by atoms with E-state index in [4.69, 9.17) is 4.74 Å². The van der Waals surface area contributed by atoms with Crippen LogP contribution >= 0.6 is 0 Å². The summed E-state index contributed by atoms with van der Waals surface area (Å²) in [5.74, 6) is -2.39. The molecule has 192 valence electrons. The molecule has 0 bridgehead atoms. The third kappa shape index (κ3) is 5.41. The zero-order chi connectivity index (χ0) is 25.8. The zero-order valence-electron chi connectivity index (χ0n) is 20.4. The number of nitrogens with one attached hydrogen (secondary N) is 2. The number of rotatable bonds is 5. The summed E-state index contributed by atoms with van der Waals surface area (Å²) in [5.41, 5.74) is 2.21. The van der Waals surface area contributed by atoms with Gasteiger partial charge in [-0.05, 0) is 60.2 Å². The number of hydrogen-bond donors (Lipinski definition) is 2. The second-order valence-electron chi connectivity index (χ2n) is 8.83. The van der Waals surface area contributed by atoms with Gasteiger partial charge in [0.25, 0.3) is 0 Å². The molecular formula is C27H30F3N3O3. The quantitative estimate of drug-likeness (QED) is 0.489. The van der Waals surface area contributed by atoms with E-state index in [1.807, 2.05) is 13.8 Å². The van der Waals surface area contributed by atoms with Gasteiger partial charge in [-0.3, -0.25) is 9.59 Å². The Balaban J connectivity index is 0.00000148. The number of aromatic amines is 1. The molecule has 6 nitrogen and oxygen atoms in total. The monoisotopic (exact) mass is 501 g/mol. The number of nitrogens with zero attached hydrogens (tertiary/aromatic N) is 1. The molecule has 3 aromatic rings. The van der Waals surface area contributed by atoms with Crippen LogP contribution in [0.2, 0.25) is 0 Å². The van der Waals surface area contributed by atoms with Crippen LogP contribution in [0.3, 0.4) is 0 Å². The van der Waals surface area contributed by atoms with Gasteiger partial charge in [-0.25, -0.2) is 13.2 Å². The highest BCUT2D eigenvalue weighted by Gasteiger charge is 2.36. The largest absolute Gasteiger partial charge is 0.378 e. The summed E-state index contributed by atoms with van der Waals surface area (Å²) in [6.07, 6.45) is 0.916. The highest BCUT2D eigenvalue weighted by molar-refractivity contribution is 5.97. The number of amides is 2. The van der Waals surface area contributed by atoms with Crippen molar-refractivity contribution in [2.45, 2.75) is 45.1 Å². The van der Waals surface area contributed by atoms with Gasteiger partial charge in [0.2, 0.25) is 11.8 Å². The van der Waals surface area contributed by atoms with Crippen LogP contribution in [0.25, 0.3) is 22.2 Å². The van der Waals surface area contributed by atoms with Crippen molar-refractivity contribution in [2.75, 3.05) is 26.3 Å². The SMILES string of the molecule is CC.O=C(CC(=O)N1CCOCC1)NC1CC(c2c(-c3ccc(F)cc3)[nH]c3c(F)cc(F)cc23)C1. The first kappa shape index (κ1) is 25.8. The molecule has 1 saturated carbocycles. The van der Waals surface area contributed by atoms with Crippen LogP contribution in [0.5, 0.6) is 0 Å². The minimum Gasteiger partial charge on any atom is -0.378 e. The topological polar surface area (TPSA) is 74.4 Å². The molecule has 2 aromatic carbocycles. The third-order valence-corrected chi connectivity index (χ3v) is 6.58. The standard InChI is InChI=1S/C25H24F3N3O3.C2H6/c26-16-3-1-14(2-4-16)24-23(19-11-17(27)12-20(28)25(19)30-24)15-9-18(10-15)29-21(32)13-22(33)31-5-7-34-8-6-31;1-2/h1-4,11-12,15,18,30H,5-10,13H2,(H,29,32);1-2H3. The van der Waals surface area contributed by atoms with E-state index in [0.29, 0.717) is 55.8 Å². The molecule has 1 aliphatic heterocycles. The van der Waals surface area contributed by atoms with Gasteiger partial charge in [0, 0.05) is 30.6 Å². The number of halogens is 3. The molecule has 0 spiro atoms. The van der Waals surface area contributed by atoms with Crippen molar-refractivity contribution in [2.24, 2.45) is 0 Å². The summed E-state index contributed by atoms with van der Waals surface area (Å²) >= 11 is 0. The predicted molar refractivity (Wildman–Crippen MR) is 131 cm³/mol. The predicted octanol–water partition coefficient (Wildman–Crippen LogP) is 4.89. The number of ether oxygens (including phenoxy) is 1. The Hall–Kier alpha value is -3.33. The van der Waals surface area contributed by atoms with Crippen molar-refractivity contribution in [3.05, 3.63) is 59.4 Å². The van der Waals surface area contributed by atoms with Gasteiger partial charge in [-0.2, -0.15) is 0 Å². The number of carbonyl (C=O) groups excluding carboxylic acids is 2. The lowest BCUT2D eigenvalue weighted by atomic mass is 9.74. The minimum absolute atomic E-state index is 0.0600. The maximum absolute atomic E-state index is 14.5. The van der Waals surface area contributed by atoms with Gasteiger partial charge in [0.15, 0.2) is 0 Å². The molecule has 2 aliphatic rings. The summed E-state index contributed by atoms with van der Waals surface area (Å²) in [6.45, 7) is 5.91. The van der Waals surface area contributed by atoms with E-state index in [1.165, 1.54) is 18.2 Å². The van der Waals surface area contributed by atoms with E-state index in [1.54, 1.807) is 17.0 Å². The van der Waals surface area contributed by atoms with E-state index in [0.717, 1.165) is 11.6 Å². The van der Waals surface area contributed by atoms with Crippen molar-refractivity contribution in [1.29, 1.82) is 0 Å². The maximum Gasteiger partial charge on any atom is 0.232 e. The second kappa shape index (κ2) is 11.2. The third-order valence-electron chi connectivity index (χ3n) is 6.58. The van der Waals surface area contributed by atoms with E-state index in [2.05, 4.69) is 10.3 Å². The van der Waals surface area contributed by atoms with Crippen molar-refractivity contribution in [3.63, 3.8) is 0 Å². The highest BCUT2D eigenvalue weighted by atomic mass is 19.1. The average molecular weight is 502 g/mol. The number of benzene rings is 2. The molecule has 2 heterocycles. The van der Waals surface area contributed by atoms with Gasteiger partial charge in [-0.1, -0.05) is 13.8 Å². The molecular weight excluding hydrogens is 471 g/mol. The van der Waals surface area contributed by atoms with Gasteiger partial charge in [0.1, 0.15) is 23.9 Å². The Morgan fingerprint density at radius 2 is 1.69 bits per heavy atom. The molecule has 1 saturated heterocycles. The van der Waals surface area contributed by atoms with Gasteiger partial charge < -0.3 is 19.9 Å². The second-order valence-corrected chi connectivity index (χ2v) is 8.83. The van der Waals surface area contributed by atoms with Crippen LogP contribution in [0.1, 0.15) is 44.6 Å². The number of carbonyl (C=O) groups is 2. The zero-order valence-corrected chi connectivity index (χ0v) is 20.4. The first-order valence-electron chi connectivity index (χ1n) is 12.3. The summed E-state index contributed by atoms with van der Waals surface area (Å²) in [7, 11) is 0. The minimum atomic E-state index is -0.699. The first-order valence-corrected chi connectivity index (χ1v) is 12.3. The van der Waals surface area contributed by atoms with E-state index in [-0.39, 0.29) is 35.7 Å². The molecule has 1 aliphatic carbocycles. The van der Waals surface area contributed by atoms with Crippen LogP contribution in [0, 0.1) is 17.5 Å². The highest BCUT2D eigenvalue weighted by Crippen LogP contribution is 2.45. The molecule has 2 N–H and O–H groups in total. The van der Waals surface area contributed by atoms with Crippen LogP contribution in [0.15, 0.2) is 36.4 Å². The lowest BCUT2D eigenvalue weighted by molar-refractivity contribution is -0.139. The van der Waals surface area contributed by atoms with Crippen molar-refractivity contribution < 1.29 is 27.5 Å². The number of aromatic nitrogens is 1. The van der Waals surface area contributed by atoms with E-state index >= 15 is 0 Å². The van der Waals surface area contributed by atoms with Gasteiger partial charge >= 0.3 is 0 Å². The number of morpholine rings is 1. The summed E-state index contributed by atoms with van der Waals surface area (Å²) < 4.78 is 47.2. The number of H-pyrrole nitrogens is 1. The molecule has 2 amide bonds. The average Bonchev–Trinajstić information content (AvgIpc) is 3.22. The Labute approximate surface area is 207 Å². The van der Waals surface area contributed by atoms with Crippen molar-refractivity contribution in [1.82, 2.24) is 15.2 Å². The van der Waals surface area contributed by atoms with Gasteiger partial charge in [-0.15, -0.1) is 0 Å². The van der Waals surface area contributed by atoms with Crippen LogP contribution in [0.4, 0.5) is 13.2 Å². The smallest absolute Gasteiger partial charge is 0.232 e. The van der Waals surface area contributed by atoms with E-state index in [9.17, 15) is 22.8 Å². The molecule has 36 heavy (non-hydrogen) atoms. The summed E-state index contributed by atoms with van der Waals surface area (Å²) in [5, 5.41) is 3.33.